The summed E-state index contributed by atoms with van der Waals surface area (Å²) in [6, 6.07) is 10.7. The quantitative estimate of drug-likeness (QED) is 0.284. The Labute approximate surface area is 251 Å². The first kappa shape index (κ1) is 28.7. The summed E-state index contributed by atoms with van der Waals surface area (Å²) >= 11 is 0. The zero-order chi connectivity index (χ0) is 30.8. The molecule has 14 heteroatoms. The van der Waals surface area contributed by atoms with Gasteiger partial charge < -0.3 is 20.7 Å². The number of nitrogen functional groups attached to an aromatic ring is 1. The van der Waals surface area contributed by atoms with Gasteiger partial charge in [0, 0.05) is 18.7 Å². The number of methoxy groups -OCH3 is 1. The summed E-state index contributed by atoms with van der Waals surface area (Å²) in [5, 5.41) is 12.4. The van der Waals surface area contributed by atoms with Crippen LogP contribution in [0.3, 0.4) is 0 Å². The maximum absolute atomic E-state index is 13.7. The molecule has 1 aliphatic rings. The predicted molar refractivity (Wildman–Crippen MR) is 159 cm³/mol. The fraction of sp³-hybridized carbons (Fsp3) is 0.300. The van der Waals surface area contributed by atoms with Gasteiger partial charge in [-0.05, 0) is 49.9 Å². The number of halogens is 1. The van der Waals surface area contributed by atoms with Gasteiger partial charge in [-0.3, -0.25) is 4.79 Å². The van der Waals surface area contributed by atoms with Gasteiger partial charge in [0.15, 0.2) is 5.65 Å². The number of carbonyl (C=O) groups excluding carboxylic acids is 2. The number of amides is 2. The minimum atomic E-state index is -0.525. The maximum atomic E-state index is 13.7. The van der Waals surface area contributed by atoms with Crippen LogP contribution in [0.25, 0.3) is 22.3 Å². The van der Waals surface area contributed by atoms with Crippen molar-refractivity contribution in [2.75, 3.05) is 19.4 Å². The number of anilines is 1. The number of carbonyl (C=O) groups is 2. The molecule has 0 radical (unpaired) electrons. The van der Waals surface area contributed by atoms with E-state index in [1.807, 2.05) is 40.8 Å². The van der Waals surface area contributed by atoms with Crippen LogP contribution in [0.15, 0.2) is 61.4 Å². The zero-order valence-corrected chi connectivity index (χ0v) is 24.2. The van der Waals surface area contributed by atoms with Gasteiger partial charge in [0.25, 0.3) is 5.91 Å². The van der Waals surface area contributed by atoms with Crippen LogP contribution in [0.2, 0.25) is 0 Å². The zero-order valence-electron chi connectivity index (χ0n) is 24.2. The summed E-state index contributed by atoms with van der Waals surface area (Å²) in [5.74, 6) is -0.395. The molecule has 2 unspecified atom stereocenters. The number of likely N-dealkylation sites (tertiary alicyclic amines) is 1. The Morgan fingerprint density at radius 1 is 1.14 bits per heavy atom. The Balaban J connectivity index is 1.26. The molecular formula is C30H31FN10O3. The highest BCUT2D eigenvalue weighted by Gasteiger charge is 2.35. The topological polar surface area (TPSA) is 159 Å². The van der Waals surface area contributed by atoms with E-state index >= 15 is 0 Å². The number of hydrogen-bond acceptors (Lipinski definition) is 9. The van der Waals surface area contributed by atoms with Crippen LogP contribution in [0.1, 0.15) is 48.1 Å². The Hall–Kier alpha value is -5.40. The second-order valence-electron chi connectivity index (χ2n) is 10.6. The van der Waals surface area contributed by atoms with Crippen molar-refractivity contribution >= 4 is 28.8 Å². The number of nitrogens with zero attached hydrogens (tertiary/aromatic N) is 8. The van der Waals surface area contributed by atoms with E-state index in [1.165, 1.54) is 42.9 Å². The van der Waals surface area contributed by atoms with Crippen LogP contribution in [0, 0.1) is 5.82 Å². The number of nitrogens with one attached hydrogen (secondary N) is 1. The van der Waals surface area contributed by atoms with E-state index < -0.39 is 11.7 Å². The van der Waals surface area contributed by atoms with E-state index in [1.54, 1.807) is 0 Å². The first-order valence-electron chi connectivity index (χ1n) is 14.2. The van der Waals surface area contributed by atoms with Crippen molar-refractivity contribution in [3.8, 4) is 17.0 Å². The first-order chi connectivity index (χ1) is 21.4. The molecule has 6 rings (SSSR count). The average molecular weight is 599 g/mol. The maximum Gasteiger partial charge on any atom is 0.346 e. The molecule has 2 atom stereocenters. The first-order valence-corrected chi connectivity index (χ1v) is 14.2. The number of hydrogen-bond donors (Lipinski definition) is 2. The SMILES string of the molecule is COc1ccc(F)cc1C(=O)NCc1ccc(-c2nn(C(C)C3CCCCN3C(=O)n3cncn3)c3ncnc(N)c23)cc1. The molecule has 5 aromatic rings. The van der Waals surface area contributed by atoms with Crippen LogP contribution in [0.5, 0.6) is 5.75 Å². The van der Waals surface area contributed by atoms with Crippen molar-refractivity contribution in [3.63, 3.8) is 0 Å². The second-order valence-corrected chi connectivity index (χ2v) is 10.6. The van der Waals surface area contributed by atoms with Gasteiger partial charge in [-0.25, -0.2) is 28.8 Å². The third-order valence-electron chi connectivity index (χ3n) is 7.96. The van der Waals surface area contributed by atoms with Crippen molar-refractivity contribution in [1.82, 2.24) is 44.7 Å². The van der Waals surface area contributed by atoms with Crippen LogP contribution in [-0.2, 0) is 6.54 Å². The molecule has 1 saturated heterocycles. The smallest absolute Gasteiger partial charge is 0.346 e. The van der Waals surface area contributed by atoms with E-state index in [0.717, 1.165) is 36.5 Å². The van der Waals surface area contributed by atoms with E-state index in [2.05, 4.69) is 25.4 Å². The molecule has 3 aromatic heterocycles. The lowest BCUT2D eigenvalue weighted by atomic mass is 9.97. The third-order valence-corrected chi connectivity index (χ3v) is 7.96. The number of fused-ring (bicyclic) bond motifs is 1. The number of benzene rings is 2. The molecule has 0 spiro atoms. The summed E-state index contributed by atoms with van der Waals surface area (Å²) in [7, 11) is 1.43. The highest BCUT2D eigenvalue weighted by atomic mass is 19.1. The minimum Gasteiger partial charge on any atom is -0.496 e. The normalized spacial score (nSPS) is 15.7. The van der Waals surface area contributed by atoms with E-state index in [4.69, 9.17) is 15.6 Å². The highest BCUT2D eigenvalue weighted by Crippen LogP contribution is 2.35. The van der Waals surface area contributed by atoms with E-state index in [9.17, 15) is 14.0 Å². The number of aromatic nitrogens is 7. The molecule has 0 bridgehead atoms. The van der Waals surface area contributed by atoms with Gasteiger partial charge in [0.1, 0.15) is 42.1 Å². The summed E-state index contributed by atoms with van der Waals surface area (Å²) in [6.45, 7) is 2.83. The van der Waals surface area contributed by atoms with Crippen molar-refractivity contribution in [1.29, 1.82) is 0 Å². The molecule has 3 N–H and O–H groups in total. The molecule has 226 valence electrons. The van der Waals surface area contributed by atoms with E-state index in [0.29, 0.717) is 29.1 Å². The Bertz CT molecular complexity index is 1810. The monoisotopic (exact) mass is 598 g/mol. The Morgan fingerprint density at radius 2 is 1.95 bits per heavy atom. The van der Waals surface area contributed by atoms with Gasteiger partial charge in [0.2, 0.25) is 0 Å². The summed E-state index contributed by atoms with van der Waals surface area (Å²) in [6.07, 6.45) is 6.82. The lowest BCUT2D eigenvalue weighted by Crippen LogP contribution is -2.49. The van der Waals surface area contributed by atoms with Gasteiger partial charge in [-0.15, -0.1) is 0 Å². The van der Waals surface area contributed by atoms with Gasteiger partial charge in [-0.1, -0.05) is 24.3 Å². The standard InChI is InChI=1S/C30H31FN10O3/c1-18(23-5-3-4-12-39(23)30(43)40-17-33-15-37-40)41-28-25(27(32)35-16-36-28)26(38-41)20-8-6-19(7-9-20)14-34-29(42)22-13-21(31)10-11-24(22)44-2/h6-11,13,15-18,23H,3-5,12,14H2,1-2H3,(H,34,42)(H2,32,35,36). The largest absolute Gasteiger partial charge is 0.496 e. The predicted octanol–water partition coefficient (Wildman–Crippen LogP) is 3.83. The fourth-order valence-electron chi connectivity index (χ4n) is 5.70. The van der Waals surface area contributed by atoms with Gasteiger partial charge in [-0.2, -0.15) is 14.9 Å². The molecule has 0 aliphatic carbocycles. The van der Waals surface area contributed by atoms with Gasteiger partial charge in [0.05, 0.1) is 30.1 Å². The minimum absolute atomic E-state index is 0.116. The van der Waals surface area contributed by atoms with Crippen LogP contribution >= 0.6 is 0 Å². The van der Waals surface area contributed by atoms with Gasteiger partial charge >= 0.3 is 6.03 Å². The second kappa shape index (κ2) is 12.1. The molecule has 44 heavy (non-hydrogen) atoms. The fourth-order valence-corrected chi connectivity index (χ4v) is 5.70. The summed E-state index contributed by atoms with van der Waals surface area (Å²) < 4.78 is 22.0. The highest BCUT2D eigenvalue weighted by molar-refractivity contribution is 5.98. The summed E-state index contributed by atoms with van der Waals surface area (Å²) in [5.41, 5.74) is 9.25. The molecule has 4 heterocycles. The van der Waals surface area contributed by atoms with Crippen LogP contribution in [0.4, 0.5) is 15.0 Å². The molecule has 1 fully saturated rings. The number of rotatable bonds is 7. The molecule has 1 aliphatic heterocycles. The lowest BCUT2D eigenvalue weighted by Gasteiger charge is -2.38. The number of piperidine rings is 1. The molecule has 2 amide bonds. The summed E-state index contributed by atoms with van der Waals surface area (Å²) in [4.78, 5) is 40.5. The van der Waals surface area contributed by atoms with Crippen LogP contribution < -0.4 is 15.8 Å². The van der Waals surface area contributed by atoms with Crippen molar-refractivity contribution < 1.29 is 18.7 Å². The number of ether oxygens (including phenoxy) is 1. The molecule has 0 saturated carbocycles. The van der Waals surface area contributed by atoms with Crippen molar-refractivity contribution in [2.24, 2.45) is 0 Å². The van der Waals surface area contributed by atoms with Crippen molar-refractivity contribution in [2.45, 2.75) is 44.8 Å². The Morgan fingerprint density at radius 3 is 2.70 bits per heavy atom. The molecule has 2 aromatic carbocycles. The number of nitrogens with two attached hydrogens (primary N) is 1. The van der Waals surface area contributed by atoms with Crippen molar-refractivity contribution in [3.05, 3.63) is 78.4 Å². The lowest BCUT2D eigenvalue weighted by molar-refractivity contribution is 0.0947. The van der Waals surface area contributed by atoms with E-state index in [-0.39, 0.29) is 36.0 Å². The molecule has 13 nitrogen and oxygen atoms in total. The average Bonchev–Trinajstić information content (AvgIpc) is 3.73. The molecular weight excluding hydrogens is 567 g/mol. The Kier molecular flexibility index (Phi) is 7.87. The van der Waals surface area contributed by atoms with Crippen LogP contribution in [-0.4, -0.2) is 71.0 Å². The third kappa shape index (κ3) is 5.41.